The Balaban J connectivity index is 2.12. The molecule has 0 aliphatic carbocycles. The fourth-order valence-corrected chi connectivity index (χ4v) is 2.25. The Morgan fingerprint density at radius 1 is 1.33 bits per heavy atom. The highest BCUT2D eigenvalue weighted by Gasteiger charge is 2.14. The van der Waals surface area contributed by atoms with Crippen LogP contribution in [0, 0.1) is 0 Å². The third kappa shape index (κ3) is 3.05. The lowest BCUT2D eigenvalue weighted by atomic mass is 10.1. The van der Waals surface area contributed by atoms with Gasteiger partial charge >= 0.3 is 6.09 Å². The molecule has 0 atom stereocenters. The lowest BCUT2D eigenvalue weighted by Gasteiger charge is -2.11. The van der Waals surface area contributed by atoms with E-state index in [1.807, 2.05) is 0 Å². The molecule has 0 radical (unpaired) electrons. The molecule has 2 aromatic heterocycles. The van der Waals surface area contributed by atoms with Gasteiger partial charge in [0, 0.05) is 23.9 Å². The topological polar surface area (TPSA) is 102 Å². The minimum Gasteiger partial charge on any atom is -0.508 e. The largest absolute Gasteiger partial charge is 0.508 e. The van der Waals surface area contributed by atoms with Gasteiger partial charge in [0.25, 0.3) is 0 Å². The molecule has 0 saturated heterocycles. The number of aromatic hydroxyl groups is 1. The number of pyridine rings is 1. The SMILES string of the molecule is CCOC(=O)Nc1cc(O)ccc1-c1cc(=O)c2cccnc2o1. The zero-order valence-corrected chi connectivity index (χ0v) is 12.8. The molecular formula is C17H14N2O5. The Morgan fingerprint density at radius 3 is 2.96 bits per heavy atom. The molecule has 0 aliphatic rings. The average Bonchev–Trinajstić information content (AvgIpc) is 2.55. The van der Waals surface area contributed by atoms with Gasteiger partial charge in [-0.1, -0.05) is 0 Å². The van der Waals surface area contributed by atoms with Crippen LogP contribution < -0.4 is 10.7 Å². The van der Waals surface area contributed by atoms with Crippen molar-refractivity contribution in [2.45, 2.75) is 6.92 Å². The number of nitrogens with one attached hydrogen (secondary N) is 1. The van der Waals surface area contributed by atoms with E-state index in [1.165, 1.54) is 30.5 Å². The second kappa shape index (κ2) is 6.41. The first kappa shape index (κ1) is 15.5. The third-order valence-corrected chi connectivity index (χ3v) is 3.29. The average molecular weight is 326 g/mol. The van der Waals surface area contributed by atoms with Crippen molar-refractivity contribution in [2.75, 3.05) is 11.9 Å². The highest BCUT2D eigenvalue weighted by atomic mass is 16.5. The lowest BCUT2D eigenvalue weighted by molar-refractivity contribution is 0.168. The quantitative estimate of drug-likeness (QED) is 0.766. The van der Waals surface area contributed by atoms with Crippen LogP contribution in [0.2, 0.25) is 0 Å². The van der Waals surface area contributed by atoms with E-state index in [2.05, 4.69) is 10.3 Å². The predicted molar refractivity (Wildman–Crippen MR) is 88.0 cm³/mol. The fraction of sp³-hybridized carbons (Fsp3) is 0.118. The highest BCUT2D eigenvalue weighted by Crippen LogP contribution is 2.31. The van der Waals surface area contributed by atoms with Crippen LogP contribution in [0.5, 0.6) is 5.75 Å². The first-order chi connectivity index (χ1) is 11.6. The number of amides is 1. The molecule has 2 N–H and O–H groups in total. The summed E-state index contributed by atoms with van der Waals surface area (Å²) in [6.45, 7) is 1.88. The van der Waals surface area contributed by atoms with E-state index in [9.17, 15) is 14.7 Å². The second-order valence-electron chi connectivity index (χ2n) is 4.91. The normalized spacial score (nSPS) is 10.5. The van der Waals surface area contributed by atoms with E-state index in [0.717, 1.165) is 0 Å². The molecule has 3 aromatic rings. The highest BCUT2D eigenvalue weighted by molar-refractivity contribution is 5.91. The van der Waals surface area contributed by atoms with Crippen LogP contribution in [0.1, 0.15) is 6.92 Å². The van der Waals surface area contributed by atoms with Gasteiger partial charge in [0.05, 0.1) is 17.7 Å². The standard InChI is InChI=1S/C17H14N2O5/c1-2-23-17(22)19-13-8-10(20)5-6-11(13)15-9-14(21)12-4-3-7-18-16(12)24-15/h3-9,20H,2H2,1H3,(H,19,22). The summed E-state index contributed by atoms with van der Waals surface area (Å²) in [5.74, 6) is 0.171. The molecule has 0 unspecified atom stereocenters. The number of carbonyl (C=O) groups excluding carboxylic acids is 1. The summed E-state index contributed by atoms with van der Waals surface area (Å²) in [6, 6.07) is 8.87. The Kier molecular flexibility index (Phi) is 4.15. The molecule has 7 heteroatoms. The summed E-state index contributed by atoms with van der Waals surface area (Å²) >= 11 is 0. The van der Waals surface area contributed by atoms with E-state index in [1.54, 1.807) is 19.1 Å². The van der Waals surface area contributed by atoms with E-state index in [0.29, 0.717) is 10.9 Å². The Bertz CT molecular complexity index is 965. The monoisotopic (exact) mass is 326 g/mol. The summed E-state index contributed by atoms with van der Waals surface area (Å²) in [5, 5.41) is 12.5. The number of carbonyl (C=O) groups is 1. The molecule has 1 aromatic carbocycles. The van der Waals surface area contributed by atoms with Crippen molar-refractivity contribution in [1.29, 1.82) is 0 Å². The summed E-state index contributed by atoms with van der Waals surface area (Å²) in [4.78, 5) is 27.9. The summed E-state index contributed by atoms with van der Waals surface area (Å²) in [5.41, 5.74) is 0.613. The van der Waals surface area contributed by atoms with Crippen LogP contribution in [0.4, 0.5) is 10.5 Å². The molecule has 0 bridgehead atoms. The van der Waals surface area contributed by atoms with Gasteiger partial charge in [-0.25, -0.2) is 9.78 Å². The number of anilines is 1. The fourth-order valence-electron chi connectivity index (χ4n) is 2.25. The van der Waals surface area contributed by atoms with Crippen molar-refractivity contribution < 1.29 is 19.1 Å². The maximum Gasteiger partial charge on any atom is 0.411 e. The van der Waals surface area contributed by atoms with Crippen LogP contribution in [0.3, 0.4) is 0 Å². The molecular weight excluding hydrogens is 312 g/mol. The molecule has 0 fully saturated rings. The van der Waals surface area contributed by atoms with Crippen LogP contribution in [0.25, 0.3) is 22.4 Å². The predicted octanol–water partition coefficient (Wildman–Crippen LogP) is 3.13. The van der Waals surface area contributed by atoms with Crippen molar-refractivity contribution in [1.82, 2.24) is 4.98 Å². The number of phenols is 1. The molecule has 0 saturated carbocycles. The number of fused-ring (bicyclic) bond motifs is 1. The van der Waals surface area contributed by atoms with Gasteiger partial charge in [0.1, 0.15) is 11.5 Å². The number of hydrogen-bond donors (Lipinski definition) is 2. The number of ether oxygens (including phenoxy) is 1. The van der Waals surface area contributed by atoms with E-state index in [4.69, 9.17) is 9.15 Å². The Hall–Kier alpha value is -3.35. The van der Waals surface area contributed by atoms with Gasteiger partial charge in [0.15, 0.2) is 5.43 Å². The number of aromatic nitrogens is 1. The molecule has 2 heterocycles. The zero-order valence-electron chi connectivity index (χ0n) is 12.8. The number of hydrogen-bond acceptors (Lipinski definition) is 6. The van der Waals surface area contributed by atoms with Gasteiger partial charge < -0.3 is 14.3 Å². The van der Waals surface area contributed by atoms with E-state index in [-0.39, 0.29) is 34.9 Å². The minimum absolute atomic E-state index is 0.0493. The zero-order chi connectivity index (χ0) is 17.1. The smallest absolute Gasteiger partial charge is 0.411 e. The van der Waals surface area contributed by atoms with Crippen LogP contribution in [0.15, 0.2) is 51.8 Å². The first-order valence-electron chi connectivity index (χ1n) is 7.24. The molecule has 0 aliphatic heterocycles. The molecule has 1 amide bonds. The molecule has 7 nitrogen and oxygen atoms in total. The summed E-state index contributed by atoms with van der Waals surface area (Å²) < 4.78 is 10.5. The third-order valence-electron chi connectivity index (χ3n) is 3.29. The van der Waals surface area contributed by atoms with Crippen molar-refractivity contribution in [3.63, 3.8) is 0 Å². The number of rotatable bonds is 3. The van der Waals surface area contributed by atoms with Gasteiger partial charge in [0.2, 0.25) is 5.71 Å². The second-order valence-corrected chi connectivity index (χ2v) is 4.91. The van der Waals surface area contributed by atoms with Gasteiger partial charge in [-0.2, -0.15) is 0 Å². The van der Waals surface area contributed by atoms with Crippen molar-refractivity contribution in [3.05, 3.63) is 52.8 Å². The van der Waals surface area contributed by atoms with Gasteiger partial charge in [-0.15, -0.1) is 0 Å². The van der Waals surface area contributed by atoms with Gasteiger partial charge in [-0.3, -0.25) is 10.1 Å². The van der Waals surface area contributed by atoms with Crippen LogP contribution in [-0.2, 0) is 4.74 Å². The number of benzene rings is 1. The van der Waals surface area contributed by atoms with Crippen molar-refractivity contribution >= 4 is 22.9 Å². The summed E-state index contributed by atoms with van der Waals surface area (Å²) in [6.07, 6.45) is 0.842. The van der Waals surface area contributed by atoms with Gasteiger partial charge in [-0.05, 0) is 31.2 Å². The maximum absolute atomic E-state index is 12.2. The Labute approximate surface area is 136 Å². The molecule has 3 rings (SSSR count). The molecule has 24 heavy (non-hydrogen) atoms. The van der Waals surface area contributed by atoms with Crippen molar-refractivity contribution in [2.24, 2.45) is 0 Å². The molecule has 122 valence electrons. The first-order valence-corrected chi connectivity index (χ1v) is 7.24. The number of phenolic OH excluding ortho intramolecular Hbond substituents is 1. The maximum atomic E-state index is 12.2. The lowest BCUT2D eigenvalue weighted by Crippen LogP contribution is -2.14. The van der Waals surface area contributed by atoms with Crippen LogP contribution >= 0.6 is 0 Å². The number of nitrogens with zero attached hydrogens (tertiary/aromatic N) is 1. The van der Waals surface area contributed by atoms with E-state index >= 15 is 0 Å². The Morgan fingerprint density at radius 2 is 2.17 bits per heavy atom. The van der Waals surface area contributed by atoms with Crippen LogP contribution in [-0.4, -0.2) is 22.8 Å². The minimum atomic E-state index is -0.675. The summed E-state index contributed by atoms with van der Waals surface area (Å²) in [7, 11) is 0. The van der Waals surface area contributed by atoms with E-state index < -0.39 is 6.09 Å². The molecule has 0 spiro atoms. The van der Waals surface area contributed by atoms with Crippen molar-refractivity contribution in [3.8, 4) is 17.1 Å².